The number of fused-ring (bicyclic) bond motifs is 1. The number of nitrogens with zero attached hydrogens (tertiary/aromatic N) is 2. The van der Waals surface area contributed by atoms with Crippen molar-refractivity contribution in [2.45, 2.75) is 49.8 Å². The predicted molar refractivity (Wildman–Crippen MR) is 105 cm³/mol. The molecule has 5 nitrogen and oxygen atoms in total. The Bertz CT molecular complexity index is 757. The lowest BCUT2D eigenvalue weighted by Gasteiger charge is -2.43. The third kappa shape index (κ3) is 3.92. The number of piperidine rings is 2. The van der Waals surface area contributed by atoms with Crippen LogP contribution < -0.4 is 0 Å². The zero-order chi connectivity index (χ0) is 18.9. The molecule has 3 fully saturated rings. The van der Waals surface area contributed by atoms with Gasteiger partial charge in [-0.05, 0) is 49.7 Å². The van der Waals surface area contributed by atoms with E-state index in [1.807, 2.05) is 6.07 Å². The first-order chi connectivity index (χ1) is 13.1. The summed E-state index contributed by atoms with van der Waals surface area (Å²) < 4.78 is 27.0. The van der Waals surface area contributed by atoms with Crippen molar-refractivity contribution in [3.63, 3.8) is 0 Å². The zero-order valence-electron chi connectivity index (χ0n) is 15.9. The predicted octanol–water partition coefficient (Wildman–Crippen LogP) is 3.13. The summed E-state index contributed by atoms with van der Waals surface area (Å²) in [4.78, 5) is 15.4. The van der Waals surface area contributed by atoms with E-state index in [1.165, 1.54) is 25.7 Å². The molecule has 1 amide bonds. The molecule has 3 aliphatic rings. The molecule has 27 heavy (non-hydrogen) atoms. The Morgan fingerprint density at radius 3 is 2.22 bits per heavy atom. The number of hydrogen-bond acceptors (Lipinski definition) is 3. The van der Waals surface area contributed by atoms with E-state index in [0.29, 0.717) is 36.7 Å². The molecule has 2 aliphatic heterocycles. The minimum absolute atomic E-state index is 0.0210. The fraction of sp³-hybridized carbons (Fsp3) is 0.667. The topological polar surface area (TPSA) is 57.7 Å². The number of hydrogen-bond donors (Lipinski definition) is 0. The van der Waals surface area contributed by atoms with Gasteiger partial charge in [0.2, 0.25) is 15.9 Å². The zero-order valence-corrected chi connectivity index (χ0v) is 16.7. The van der Waals surface area contributed by atoms with Gasteiger partial charge >= 0.3 is 0 Å². The van der Waals surface area contributed by atoms with Crippen LogP contribution in [0.1, 0.15) is 44.9 Å². The second-order valence-electron chi connectivity index (χ2n) is 8.37. The molecule has 148 valence electrons. The molecule has 0 unspecified atom stereocenters. The van der Waals surface area contributed by atoms with E-state index in [2.05, 4.69) is 4.90 Å². The number of amides is 1. The van der Waals surface area contributed by atoms with E-state index in [-0.39, 0.29) is 11.8 Å². The molecule has 1 aromatic carbocycles. The van der Waals surface area contributed by atoms with Gasteiger partial charge in [-0.3, -0.25) is 4.79 Å². The standard InChI is InChI=1S/C21H30N2O3S/c24-21(22-13-10-17-6-4-5-7-19(17)16-22)18-11-14-23(15-12-18)27(25,26)20-8-2-1-3-9-20/h1-3,8-9,17-19H,4-7,10-16H2/t17-,19+/m0/s1. The van der Waals surface area contributed by atoms with Crippen LogP contribution >= 0.6 is 0 Å². The summed E-state index contributed by atoms with van der Waals surface area (Å²) in [5.74, 6) is 1.75. The Morgan fingerprint density at radius 2 is 1.52 bits per heavy atom. The van der Waals surface area contributed by atoms with Crippen molar-refractivity contribution in [2.24, 2.45) is 17.8 Å². The van der Waals surface area contributed by atoms with Crippen LogP contribution in [-0.2, 0) is 14.8 Å². The Labute approximate surface area is 162 Å². The van der Waals surface area contributed by atoms with Crippen molar-refractivity contribution in [3.05, 3.63) is 30.3 Å². The average molecular weight is 391 g/mol. The number of sulfonamides is 1. The smallest absolute Gasteiger partial charge is 0.243 e. The Morgan fingerprint density at radius 1 is 0.852 bits per heavy atom. The molecule has 2 heterocycles. The van der Waals surface area contributed by atoms with Gasteiger partial charge in [0.15, 0.2) is 0 Å². The lowest BCUT2D eigenvalue weighted by atomic mass is 9.75. The second kappa shape index (κ2) is 7.92. The highest BCUT2D eigenvalue weighted by Crippen LogP contribution is 2.37. The normalized spacial score (nSPS) is 27.9. The van der Waals surface area contributed by atoms with E-state index in [4.69, 9.17) is 0 Å². The fourth-order valence-corrected chi connectivity index (χ4v) is 6.63. The highest BCUT2D eigenvalue weighted by molar-refractivity contribution is 7.89. The summed E-state index contributed by atoms with van der Waals surface area (Å²) in [5.41, 5.74) is 0. The molecule has 2 saturated heterocycles. The molecule has 1 saturated carbocycles. The van der Waals surface area contributed by atoms with Gasteiger partial charge in [-0.1, -0.05) is 37.5 Å². The molecule has 0 bridgehead atoms. The van der Waals surface area contributed by atoms with Gasteiger partial charge in [-0.25, -0.2) is 8.42 Å². The van der Waals surface area contributed by atoms with Crippen LogP contribution in [0, 0.1) is 17.8 Å². The van der Waals surface area contributed by atoms with E-state index >= 15 is 0 Å². The van der Waals surface area contributed by atoms with Gasteiger partial charge in [0.25, 0.3) is 0 Å². The van der Waals surface area contributed by atoms with Gasteiger partial charge in [-0.2, -0.15) is 4.31 Å². The fourth-order valence-electron chi connectivity index (χ4n) is 5.14. The number of carbonyl (C=O) groups is 1. The first-order valence-electron chi connectivity index (χ1n) is 10.4. The van der Waals surface area contributed by atoms with E-state index in [1.54, 1.807) is 28.6 Å². The third-order valence-electron chi connectivity index (χ3n) is 6.79. The number of rotatable bonds is 3. The third-order valence-corrected chi connectivity index (χ3v) is 8.70. The molecule has 0 radical (unpaired) electrons. The SMILES string of the molecule is O=C(C1CCN(S(=O)(=O)c2ccccc2)CC1)N1CC[C@@H]2CCCC[C@@H]2C1. The molecule has 1 aromatic rings. The van der Waals surface area contributed by atoms with Crippen molar-refractivity contribution in [1.82, 2.24) is 9.21 Å². The first-order valence-corrected chi connectivity index (χ1v) is 11.8. The van der Waals surface area contributed by atoms with Crippen LogP contribution in [0.15, 0.2) is 35.2 Å². The molecular formula is C21H30N2O3S. The minimum Gasteiger partial charge on any atom is -0.342 e. The van der Waals surface area contributed by atoms with Gasteiger partial charge in [-0.15, -0.1) is 0 Å². The Hall–Kier alpha value is -1.40. The lowest BCUT2D eigenvalue weighted by molar-refractivity contribution is -0.139. The van der Waals surface area contributed by atoms with Crippen molar-refractivity contribution < 1.29 is 13.2 Å². The molecule has 0 spiro atoms. The first kappa shape index (κ1) is 18.9. The van der Waals surface area contributed by atoms with Crippen LogP contribution in [0.2, 0.25) is 0 Å². The van der Waals surface area contributed by atoms with E-state index in [9.17, 15) is 13.2 Å². The molecule has 0 aromatic heterocycles. The van der Waals surface area contributed by atoms with Gasteiger partial charge < -0.3 is 4.90 Å². The highest BCUT2D eigenvalue weighted by atomic mass is 32.2. The highest BCUT2D eigenvalue weighted by Gasteiger charge is 2.37. The maximum Gasteiger partial charge on any atom is 0.243 e. The van der Waals surface area contributed by atoms with Crippen molar-refractivity contribution in [2.75, 3.05) is 26.2 Å². The molecule has 1 aliphatic carbocycles. The summed E-state index contributed by atoms with van der Waals surface area (Å²) in [6, 6.07) is 8.59. The average Bonchev–Trinajstić information content (AvgIpc) is 2.73. The molecule has 0 N–H and O–H groups in total. The van der Waals surface area contributed by atoms with Crippen LogP contribution in [0.4, 0.5) is 0 Å². The van der Waals surface area contributed by atoms with Crippen molar-refractivity contribution >= 4 is 15.9 Å². The van der Waals surface area contributed by atoms with Gasteiger partial charge in [0.1, 0.15) is 0 Å². The number of benzene rings is 1. The van der Waals surface area contributed by atoms with Gasteiger partial charge in [0.05, 0.1) is 4.90 Å². The largest absolute Gasteiger partial charge is 0.342 e. The maximum absolute atomic E-state index is 13.0. The molecule has 6 heteroatoms. The van der Waals surface area contributed by atoms with Crippen molar-refractivity contribution in [1.29, 1.82) is 0 Å². The van der Waals surface area contributed by atoms with Crippen LogP contribution in [-0.4, -0.2) is 49.7 Å². The Balaban J connectivity index is 1.34. The monoisotopic (exact) mass is 390 g/mol. The number of carbonyl (C=O) groups excluding carboxylic acids is 1. The summed E-state index contributed by atoms with van der Waals surface area (Å²) in [6.07, 6.45) is 7.68. The quantitative estimate of drug-likeness (QED) is 0.797. The van der Waals surface area contributed by atoms with E-state index in [0.717, 1.165) is 25.4 Å². The number of likely N-dealkylation sites (tertiary alicyclic amines) is 1. The summed E-state index contributed by atoms with van der Waals surface area (Å²) in [7, 11) is -3.44. The Kier molecular flexibility index (Phi) is 5.55. The van der Waals surface area contributed by atoms with Crippen LogP contribution in [0.3, 0.4) is 0 Å². The lowest BCUT2D eigenvalue weighted by Crippen LogP contribution is -2.49. The second-order valence-corrected chi connectivity index (χ2v) is 10.3. The van der Waals surface area contributed by atoms with Crippen molar-refractivity contribution in [3.8, 4) is 0 Å². The summed E-state index contributed by atoms with van der Waals surface area (Å²) in [6.45, 7) is 2.69. The summed E-state index contributed by atoms with van der Waals surface area (Å²) >= 11 is 0. The van der Waals surface area contributed by atoms with E-state index < -0.39 is 10.0 Å². The van der Waals surface area contributed by atoms with Crippen LogP contribution in [0.5, 0.6) is 0 Å². The van der Waals surface area contributed by atoms with Gasteiger partial charge in [0, 0.05) is 32.1 Å². The maximum atomic E-state index is 13.0. The minimum atomic E-state index is -3.44. The molecule has 2 atom stereocenters. The van der Waals surface area contributed by atoms with Crippen LogP contribution in [0.25, 0.3) is 0 Å². The molecular weight excluding hydrogens is 360 g/mol. The summed E-state index contributed by atoms with van der Waals surface area (Å²) in [5, 5.41) is 0. The molecule has 4 rings (SSSR count).